The monoisotopic (exact) mass is 348 g/mol. The van der Waals surface area contributed by atoms with Crippen LogP contribution in [-0.4, -0.2) is 37.4 Å². The molecule has 0 unspecified atom stereocenters. The molecule has 0 bridgehead atoms. The van der Waals surface area contributed by atoms with E-state index in [1.807, 2.05) is 6.26 Å². The van der Waals surface area contributed by atoms with Crippen LogP contribution in [0.2, 0.25) is 0 Å². The van der Waals surface area contributed by atoms with Crippen LogP contribution in [0.3, 0.4) is 0 Å². The van der Waals surface area contributed by atoms with Crippen LogP contribution in [0.1, 0.15) is 30.1 Å². The number of thioether (sulfide) groups is 1. The summed E-state index contributed by atoms with van der Waals surface area (Å²) in [5.41, 5.74) is -0.644. The van der Waals surface area contributed by atoms with Gasteiger partial charge in [-0.3, -0.25) is 4.79 Å². The van der Waals surface area contributed by atoms with Gasteiger partial charge in [0.25, 0.3) is 5.91 Å². The zero-order valence-corrected chi connectivity index (χ0v) is 14.7. The van der Waals surface area contributed by atoms with E-state index in [2.05, 4.69) is 11.4 Å². The Balaban J connectivity index is 1.95. The van der Waals surface area contributed by atoms with Crippen LogP contribution < -0.4 is 10.1 Å². The first-order valence-electron chi connectivity index (χ1n) is 7.55. The van der Waals surface area contributed by atoms with Gasteiger partial charge in [-0.25, -0.2) is 4.79 Å². The number of benzene rings is 1. The van der Waals surface area contributed by atoms with Crippen molar-refractivity contribution in [2.75, 3.05) is 20.0 Å². The van der Waals surface area contributed by atoms with Crippen molar-refractivity contribution in [2.45, 2.75) is 30.2 Å². The lowest BCUT2D eigenvalue weighted by Gasteiger charge is -2.22. The van der Waals surface area contributed by atoms with E-state index in [-0.39, 0.29) is 11.5 Å². The van der Waals surface area contributed by atoms with E-state index >= 15 is 0 Å². The van der Waals surface area contributed by atoms with Crippen LogP contribution in [0.25, 0.3) is 0 Å². The largest absolute Gasteiger partial charge is 0.496 e. The van der Waals surface area contributed by atoms with E-state index in [0.29, 0.717) is 5.75 Å². The molecule has 1 fully saturated rings. The Morgan fingerprint density at radius 2 is 2.17 bits per heavy atom. The molecule has 6 nitrogen and oxygen atoms in total. The van der Waals surface area contributed by atoms with E-state index in [4.69, 9.17) is 9.47 Å². The van der Waals surface area contributed by atoms with E-state index in [9.17, 15) is 14.9 Å². The normalized spacial score (nSPS) is 15.8. The third kappa shape index (κ3) is 4.20. The van der Waals surface area contributed by atoms with E-state index in [0.717, 1.165) is 17.7 Å². The maximum atomic E-state index is 12.2. The van der Waals surface area contributed by atoms with E-state index in [1.54, 1.807) is 25.1 Å². The first kappa shape index (κ1) is 18.1. The number of esters is 1. The van der Waals surface area contributed by atoms with Crippen molar-refractivity contribution in [2.24, 2.45) is 5.92 Å². The molecule has 0 aromatic heterocycles. The molecule has 1 aliphatic rings. The first-order valence-corrected chi connectivity index (χ1v) is 8.77. The van der Waals surface area contributed by atoms with Crippen molar-refractivity contribution in [3.05, 3.63) is 23.8 Å². The van der Waals surface area contributed by atoms with Gasteiger partial charge in [0.2, 0.25) is 0 Å². The predicted molar refractivity (Wildman–Crippen MR) is 89.9 cm³/mol. The minimum Gasteiger partial charge on any atom is -0.496 e. The lowest BCUT2D eigenvalue weighted by atomic mass is 9.98. The van der Waals surface area contributed by atoms with Gasteiger partial charge in [-0.2, -0.15) is 5.26 Å². The topological polar surface area (TPSA) is 88.4 Å². The molecule has 128 valence electrons. The summed E-state index contributed by atoms with van der Waals surface area (Å²) >= 11 is 1.53. The van der Waals surface area contributed by atoms with Gasteiger partial charge in [0, 0.05) is 4.90 Å². The van der Waals surface area contributed by atoms with Crippen LogP contribution in [-0.2, 0) is 9.53 Å². The third-order valence-corrected chi connectivity index (χ3v) is 4.71. The fourth-order valence-corrected chi connectivity index (χ4v) is 2.81. The Labute approximate surface area is 145 Å². The second-order valence-corrected chi connectivity index (χ2v) is 6.66. The van der Waals surface area contributed by atoms with Crippen molar-refractivity contribution in [3.8, 4) is 11.8 Å². The fraction of sp³-hybridized carbons (Fsp3) is 0.471. The number of ether oxygens (including phenoxy) is 2. The minimum atomic E-state index is -0.902. The molecule has 0 aliphatic heterocycles. The van der Waals surface area contributed by atoms with Gasteiger partial charge in [0.15, 0.2) is 6.61 Å². The highest BCUT2D eigenvalue weighted by molar-refractivity contribution is 7.98. The average Bonchev–Trinajstić information content (AvgIpc) is 3.44. The smallest absolute Gasteiger partial charge is 0.342 e. The molecule has 1 aromatic carbocycles. The molecule has 1 amide bonds. The van der Waals surface area contributed by atoms with Crippen molar-refractivity contribution in [1.82, 2.24) is 5.32 Å². The Morgan fingerprint density at radius 1 is 1.46 bits per heavy atom. The van der Waals surface area contributed by atoms with Gasteiger partial charge >= 0.3 is 5.97 Å². The summed E-state index contributed by atoms with van der Waals surface area (Å²) < 4.78 is 10.2. The molecule has 0 spiro atoms. The Morgan fingerprint density at radius 3 is 2.71 bits per heavy atom. The minimum absolute atomic E-state index is 0.168. The quantitative estimate of drug-likeness (QED) is 0.601. The van der Waals surface area contributed by atoms with Gasteiger partial charge in [-0.05, 0) is 50.1 Å². The summed E-state index contributed by atoms with van der Waals surface area (Å²) in [4.78, 5) is 25.1. The molecule has 7 heteroatoms. The number of carbonyl (C=O) groups excluding carboxylic acids is 2. The van der Waals surface area contributed by atoms with Crippen molar-refractivity contribution in [3.63, 3.8) is 0 Å². The Hall–Kier alpha value is -2.20. The molecule has 1 N–H and O–H groups in total. The van der Waals surface area contributed by atoms with Crippen LogP contribution in [0.5, 0.6) is 5.75 Å². The third-order valence-electron chi connectivity index (χ3n) is 3.99. The van der Waals surface area contributed by atoms with Gasteiger partial charge in [0.05, 0.1) is 13.2 Å². The van der Waals surface area contributed by atoms with Gasteiger partial charge in [0.1, 0.15) is 16.9 Å². The molecular formula is C17H20N2O4S. The molecular weight excluding hydrogens is 328 g/mol. The second kappa shape index (κ2) is 7.58. The van der Waals surface area contributed by atoms with Crippen molar-refractivity contribution in [1.29, 1.82) is 5.26 Å². The highest BCUT2D eigenvalue weighted by atomic mass is 32.2. The predicted octanol–water partition coefficient (Wildman–Crippen LogP) is 2.38. The zero-order valence-electron chi connectivity index (χ0n) is 13.9. The molecule has 0 saturated heterocycles. The molecule has 24 heavy (non-hydrogen) atoms. The molecule has 1 atom stereocenters. The molecule has 0 heterocycles. The Kier molecular flexibility index (Phi) is 5.73. The maximum Gasteiger partial charge on any atom is 0.342 e. The maximum absolute atomic E-state index is 12.2. The zero-order chi connectivity index (χ0) is 17.7. The number of hydrogen-bond donors (Lipinski definition) is 1. The number of nitrogens with one attached hydrogen (secondary N) is 1. The van der Waals surface area contributed by atoms with Gasteiger partial charge < -0.3 is 14.8 Å². The van der Waals surface area contributed by atoms with Crippen molar-refractivity contribution >= 4 is 23.6 Å². The van der Waals surface area contributed by atoms with Crippen LogP contribution in [0, 0.1) is 17.2 Å². The SMILES string of the molecule is COc1cc(SC)ccc1C(=O)OCC(=O)N[C@](C)(C#N)C1CC1. The number of amides is 1. The number of carbonyl (C=O) groups is 2. The number of nitrogens with zero attached hydrogens (tertiary/aromatic N) is 1. The first-order chi connectivity index (χ1) is 11.4. The summed E-state index contributed by atoms with van der Waals surface area (Å²) in [7, 11) is 1.47. The van der Waals surface area contributed by atoms with E-state index < -0.39 is 24.0 Å². The molecule has 1 aromatic rings. The highest BCUT2D eigenvalue weighted by Gasteiger charge is 2.43. The van der Waals surface area contributed by atoms with Crippen LogP contribution >= 0.6 is 11.8 Å². The molecule has 1 aliphatic carbocycles. The number of rotatable bonds is 7. The Bertz CT molecular complexity index is 682. The average molecular weight is 348 g/mol. The summed E-state index contributed by atoms with van der Waals surface area (Å²) in [6, 6.07) is 7.25. The number of nitriles is 1. The number of hydrogen-bond acceptors (Lipinski definition) is 6. The summed E-state index contributed by atoms with van der Waals surface area (Å²) in [6.07, 6.45) is 3.76. The van der Waals surface area contributed by atoms with E-state index in [1.165, 1.54) is 18.9 Å². The van der Waals surface area contributed by atoms with Crippen LogP contribution in [0.15, 0.2) is 23.1 Å². The molecule has 1 saturated carbocycles. The van der Waals surface area contributed by atoms with Gasteiger partial charge in [-0.15, -0.1) is 11.8 Å². The summed E-state index contributed by atoms with van der Waals surface area (Å²) in [6.45, 7) is 1.25. The highest BCUT2D eigenvalue weighted by Crippen LogP contribution is 2.39. The molecule has 2 rings (SSSR count). The van der Waals surface area contributed by atoms with Crippen molar-refractivity contribution < 1.29 is 19.1 Å². The molecule has 0 radical (unpaired) electrons. The summed E-state index contributed by atoms with van der Waals surface area (Å²) in [5, 5.41) is 11.9. The standard InChI is InChI=1S/C17H20N2O4S/c1-17(10-18,11-4-5-11)19-15(20)9-23-16(21)13-7-6-12(24-3)8-14(13)22-2/h6-8,11H,4-5,9H2,1-3H3,(H,19,20)/t17-/m1/s1. The fourth-order valence-electron chi connectivity index (χ4n) is 2.38. The van der Waals surface area contributed by atoms with Crippen LogP contribution in [0.4, 0.5) is 0 Å². The lowest BCUT2D eigenvalue weighted by Crippen LogP contribution is -2.48. The van der Waals surface area contributed by atoms with Gasteiger partial charge in [-0.1, -0.05) is 0 Å². The lowest BCUT2D eigenvalue weighted by molar-refractivity contribution is -0.125. The number of methoxy groups -OCH3 is 1. The summed E-state index contributed by atoms with van der Waals surface area (Å²) in [5.74, 6) is -0.563. The second-order valence-electron chi connectivity index (χ2n) is 5.78.